The second-order valence-corrected chi connectivity index (χ2v) is 7.07. The van der Waals surface area contributed by atoms with Gasteiger partial charge in [0.1, 0.15) is 5.69 Å². The highest BCUT2D eigenvalue weighted by Crippen LogP contribution is 2.11. The van der Waals surface area contributed by atoms with Crippen LogP contribution >= 0.6 is 0 Å². The summed E-state index contributed by atoms with van der Waals surface area (Å²) in [5.74, 6) is -0.0671. The van der Waals surface area contributed by atoms with Crippen molar-refractivity contribution in [1.82, 2.24) is 20.1 Å². The summed E-state index contributed by atoms with van der Waals surface area (Å²) in [4.78, 5) is 32.4. The number of pyridine rings is 1. The van der Waals surface area contributed by atoms with E-state index in [-0.39, 0.29) is 17.4 Å². The maximum absolute atomic E-state index is 12.4. The third-order valence-electron chi connectivity index (χ3n) is 3.72. The molecule has 126 valence electrons. The molecule has 0 spiro atoms. The lowest BCUT2D eigenvalue weighted by Gasteiger charge is -2.25. The lowest BCUT2D eigenvalue weighted by atomic mass is 9.97. The van der Waals surface area contributed by atoms with Crippen LogP contribution in [0.3, 0.4) is 0 Å². The molecule has 3 amide bonds. The van der Waals surface area contributed by atoms with Crippen LogP contribution in [-0.4, -0.2) is 59.4 Å². The lowest BCUT2D eigenvalue weighted by Crippen LogP contribution is -2.44. The maximum atomic E-state index is 12.4. The molecule has 0 aliphatic carbocycles. The van der Waals surface area contributed by atoms with Gasteiger partial charge in [-0.3, -0.25) is 9.78 Å². The quantitative estimate of drug-likeness (QED) is 0.907. The fraction of sp³-hybridized carbons (Fsp3) is 0.588. The van der Waals surface area contributed by atoms with Crippen molar-refractivity contribution in [1.29, 1.82) is 0 Å². The van der Waals surface area contributed by atoms with Crippen LogP contribution in [0, 0.1) is 5.41 Å². The highest BCUT2D eigenvalue weighted by atomic mass is 16.2. The first kappa shape index (κ1) is 17.2. The Morgan fingerprint density at radius 2 is 1.83 bits per heavy atom. The Morgan fingerprint density at radius 1 is 1.13 bits per heavy atom. The number of carbonyl (C=O) groups is 2. The van der Waals surface area contributed by atoms with Crippen molar-refractivity contribution in [3.05, 3.63) is 30.1 Å². The molecule has 1 aromatic heterocycles. The van der Waals surface area contributed by atoms with Gasteiger partial charge in [-0.15, -0.1) is 0 Å². The van der Waals surface area contributed by atoms with Crippen molar-refractivity contribution in [3.8, 4) is 0 Å². The molecule has 2 rings (SSSR count). The minimum absolute atomic E-state index is 0.0490. The van der Waals surface area contributed by atoms with E-state index in [0.717, 1.165) is 6.42 Å². The Labute approximate surface area is 137 Å². The summed E-state index contributed by atoms with van der Waals surface area (Å²) in [6, 6.07) is 5.28. The molecule has 1 fully saturated rings. The fourth-order valence-electron chi connectivity index (χ4n) is 2.43. The molecule has 1 saturated heterocycles. The van der Waals surface area contributed by atoms with Gasteiger partial charge in [0.15, 0.2) is 0 Å². The number of rotatable bonds is 2. The molecule has 0 aromatic carbocycles. The molecule has 0 radical (unpaired) electrons. The molecule has 1 aliphatic rings. The van der Waals surface area contributed by atoms with E-state index in [9.17, 15) is 9.59 Å². The normalized spacial score (nSPS) is 16.0. The summed E-state index contributed by atoms with van der Waals surface area (Å²) in [6.07, 6.45) is 2.40. The topological polar surface area (TPSA) is 65.5 Å². The van der Waals surface area contributed by atoms with Gasteiger partial charge in [-0.1, -0.05) is 26.8 Å². The Bertz CT molecular complexity index is 539. The molecule has 0 saturated carbocycles. The van der Waals surface area contributed by atoms with E-state index in [1.165, 1.54) is 0 Å². The van der Waals surface area contributed by atoms with E-state index in [2.05, 4.69) is 31.1 Å². The Kier molecular flexibility index (Phi) is 5.58. The molecular formula is C17H26N4O2. The Hall–Kier alpha value is -2.11. The monoisotopic (exact) mass is 318 g/mol. The second kappa shape index (κ2) is 7.44. The molecule has 23 heavy (non-hydrogen) atoms. The van der Waals surface area contributed by atoms with E-state index in [1.54, 1.807) is 28.1 Å². The van der Waals surface area contributed by atoms with Crippen LogP contribution in [0.5, 0.6) is 0 Å². The smallest absolute Gasteiger partial charge is 0.317 e. The molecule has 0 unspecified atom stereocenters. The van der Waals surface area contributed by atoms with Crippen molar-refractivity contribution in [2.75, 3.05) is 32.7 Å². The maximum Gasteiger partial charge on any atom is 0.317 e. The van der Waals surface area contributed by atoms with Crippen molar-refractivity contribution in [3.63, 3.8) is 0 Å². The molecule has 0 atom stereocenters. The average molecular weight is 318 g/mol. The third kappa shape index (κ3) is 5.23. The number of aromatic nitrogens is 1. The van der Waals surface area contributed by atoms with Crippen LogP contribution in [0.15, 0.2) is 24.4 Å². The molecule has 6 heteroatoms. The fourth-order valence-corrected chi connectivity index (χ4v) is 2.43. The zero-order valence-electron chi connectivity index (χ0n) is 14.2. The van der Waals surface area contributed by atoms with Gasteiger partial charge < -0.3 is 15.1 Å². The molecule has 1 aliphatic heterocycles. The van der Waals surface area contributed by atoms with Crippen molar-refractivity contribution in [2.24, 2.45) is 5.41 Å². The first-order valence-corrected chi connectivity index (χ1v) is 8.10. The Balaban J connectivity index is 1.89. The Morgan fingerprint density at radius 3 is 2.48 bits per heavy atom. The zero-order valence-corrected chi connectivity index (χ0v) is 14.2. The summed E-state index contributed by atoms with van der Waals surface area (Å²) >= 11 is 0. The first-order chi connectivity index (χ1) is 10.9. The number of nitrogens with zero attached hydrogens (tertiary/aromatic N) is 3. The van der Waals surface area contributed by atoms with Crippen molar-refractivity contribution >= 4 is 11.9 Å². The standard InChI is InChI=1S/C17H26N4O2/c1-17(2,3)13-19-16(23)21-10-6-9-20(11-12-21)15(22)14-7-4-5-8-18-14/h4-5,7-8H,6,9-13H2,1-3H3,(H,19,23). The van der Waals surface area contributed by atoms with Gasteiger partial charge in [0, 0.05) is 38.9 Å². The number of amides is 3. The van der Waals surface area contributed by atoms with Crippen LogP contribution in [0.2, 0.25) is 0 Å². The third-order valence-corrected chi connectivity index (χ3v) is 3.72. The largest absolute Gasteiger partial charge is 0.337 e. The predicted octanol–water partition coefficient (Wildman–Crippen LogP) is 1.99. The van der Waals surface area contributed by atoms with Crippen molar-refractivity contribution in [2.45, 2.75) is 27.2 Å². The number of hydrogen-bond acceptors (Lipinski definition) is 3. The van der Waals surface area contributed by atoms with Crippen LogP contribution in [-0.2, 0) is 0 Å². The van der Waals surface area contributed by atoms with Gasteiger partial charge >= 0.3 is 6.03 Å². The molecule has 2 heterocycles. The first-order valence-electron chi connectivity index (χ1n) is 8.10. The number of carbonyl (C=O) groups excluding carboxylic acids is 2. The van der Waals surface area contributed by atoms with E-state index < -0.39 is 0 Å². The number of nitrogens with one attached hydrogen (secondary N) is 1. The molecule has 0 bridgehead atoms. The summed E-state index contributed by atoms with van der Waals surface area (Å²) in [5, 5.41) is 2.97. The van der Waals surface area contributed by atoms with Gasteiger partial charge in [0.05, 0.1) is 0 Å². The number of urea groups is 1. The van der Waals surface area contributed by atoms with Gasteiger partial charge in [-0.05, 0) is 24.0 Å². The van der Waals surface area contributed by atoms with Gasteiger partial charge in [-0.2, -0.15) is 0 Å². The zero-order chi connectivity index (χ0) is 16.9. The predicted molar refractivity (Wildman–Crippen MR) is 89.2 cm³/mol. The van der Waals surface area contributed by atoms with Crippen LogP contribution in [0.4, 0.5) is 4.79 Å². The van der Waals surface area contributed by atoms with E-state index in [4.69, 9.17) is 0 Å². The SMILES string of the molecule is CC(C)(C)CNC(=O)N1CCCN(C(=O)c2ccccn2)CC1. The summed E-state index contributed by atoms with van der Waals surface area (Å²) in [5.41, 5.74) is 0.515. The van der Waals surface area contributed by atoms with E-state index >= 15 is 0 Å². The van der Waals surface area contributed by atoms with Crippen LogP contribution in [0.25, 0.3) is 0 Å². The molecular weight excluding hydrogens is 292 g/mol. The van der Waals surface area contributed by atoms with Gasteiger partial charge in [-0.25, -0.2) is 4.79 Å². The van der Waals surface area contributed by atoms with Crippen LogP contribution in [0.1, 0.15) is 37.7 Å². The van der Waals surface area contributed by atoms with Gasteiger partial charge in [0.2, 0.25) is 0 Å². The average Bonchev–Trinajstić information content (AvgIpc) is 2.78. The van der Waals surface area contributed by atoms with Crippen LogP contribution < -0.4 is 5.32 Å². The summed E-state index contributed by atoms with van der Waals surface area (Å²) < 4.78 is 0. The molecule has 1 aromatic rings. The lowest BCUT2D eigenvalue weighted by molar-refractivity contribution is 0.0756. The minimum atomic E-state index is -0.0671. The van der Waals surface area contributed by atoms with E-state index in [1.807, 2.05) is 6.07 Å². The van der Waals surface area contributed by atoms with Crippen molar-refractivity contribution < 1.29 is 9.59 Å². The minimum Gasteiger partial charge on any atom is -0.337 e. The van der Waals surface area contributed by atoms with E-state index in [0.29, 0.717) is 38.4 Å². The summed E-state index contributed by atoms with van der Waals surface area (Å²) in [7, 11) is 0. The highest BCUT2D eigenvalue weighted by molar-refractivity contribution is 5.92. The van der Waals surface area contributed by atoms with Gasteiger partial charge in [0.25, 0.3) is 5.91 Å². The molecule has 1 N–H and O–H groups in total. The summed E-state index contributed by atoms with van der Waals surface area (Å²) in [6.45, 7) is 9.31. The second-order valence-electron chi connectivity index (χ2n) is 7.07. The number of hydrogen-bond donors (Lipinski definition) is 1. The molecule has 6 nitrogen and oxygen atoms in total. The highest BCUT2D eigenvalue weighted by Gasteiger charge is 2.23.